The van der Waals surface area contributed by atoms with Crippen molar-refractivity contribution in [3.8, 4) is 0 Å². The molecule has 74 valence electrons. The third kappa shape index (κ3) is 1.32. The molecule has 3 aliphatic rings. The van der Waals surface area contributed by atoms with Gasteiger partial charge in [-0.1, -0.05) is 6.92 Å². The minimum absolute atomic E-state index is 0.767. The molecule has 3 saturated carbocycles. The van der Waals surface area contributed by atoms with Gasteiger partial charge in [0.1, 0.15) is 0 Å². The maximum absolute atomic E-state index is 3.59. The fraction of sp³-hybridized carbons (Fsp3) is 1.00. The van der Waals surface area contributed by atoms with Crippen LogP contribution in [0.1, 0.15) is 39.0 Å². The number of fused-ring (bicyclic) bond motifs is 1. The van der Waals surface area contributed by atoms with Crippen LogP contribution in [0.3, 0.4) is 0 Å². The Morgan fingerprint density at radius 1 is 1.23 bits per heavy atom. The van der Waals surface area contributed by atoms with Crippen LogP contribution in [0.2, 0.25) is 0 Å². The minimum atomic E-state index is 0.767. The van der Waals surface area contributed by atoms with E-state index in [-0.39, 0.29) is 0 Å². The van der Waals surface area contributed by atoms with Crippen molar-refractivity contribution in [1.29, 1.82) is 0 Å². The van der Waals surface area contributed by atoms with Gasteiger partial charge in [0.15, 0.2) is 0 Å². The number of rotatable bonds is 4. The molecule has 2 atom stereocenters. The minimum Gasteiger partial charge on any atom is -0.316 e. The highest BCUT2D eigenvalue weighted by Gasteiger charge is 2.58. The van der Waals surface area contributed by atoms with E-state index in [2.05, 4.69) is 12.2 Å². The number of nitrogens with one attached hydrogen (secondary N) is 1. The molecule has 13 heavy (non-hydrogen) atoms. The molecule has 0 aromatic rings. The van der Waals surface area contributed by atoms with Crippen LogP contribution < -0.4 is 5.32 Å². The summed E-state index contributed by atoms with van der Waals surface area (Å²) in [4.78, 5) is 0. The Morgan fingerprint density at radius 2 is 1.92 bits per heavy atom. The Labute approximate surface area is 81.3 Å². The summed E-state index contributed by atoms with van der Waals surface area (Å²) in [5, 5.41) is 3.59. The van der Waals surface area contributed by atoms with E-state index in [4.69, 9.17) is 0 Å². The topological polar surface area (TPSA) is 12.0 Å². The van der Waals surface area contributed by atoms with Crippen molar-refractivity contribution in [2.45, 2.75) is 39.0 Å². The van der Waals surface area contributed by atoms with E-state index in [1.807, 2.05) is 0 Å². The molecule has 3 rings (SSSR count). The zero-order valence-corrected chi connectivity index (χ0v) is 8.68. The largest absolute Gasteiger partial charge is 0.316 e. The van der Waals surface area contributed by atoms with Crippen molar-refractivity contribution in [2.24, 2.45) is 23.2 Å². The molecule has 0 spiro atoms. The van der Waals surface area contributed by atoms with Crippen molar-refractivity contribution in [3.63, 3.8) is 0 Å². The van der Waals surface area contributed by atoms with E-state index in [1.165, 1.54) is 19.4 Å². The molecule has 0 bridgehead atoms. The highest BCUT2D eigenvalue weighted by molar-refractivity contribution is 5.09. The Morgan fingerprint density at radius 3 is 2.46 bits per heavy atom. The van der Waals surface area contributed by atoms with Gasteiger partial charge in [-0.3, -0.25) is 0 Å². The molecule has 1 heteroatoms. The summed E-state index contributed by atoms with van der Waals surface area (Å²) >= 11 is 0. The van der Waals surface area contributed by atoms with Crippen LogP contribution >= 0.6 is 0 Å². The van der Waals surface area contributed by atoms with Crippen LogP contribution in [-0.2, 0) is 0 Å². The Bertz CT molecular complexity index is 197. The zero-order valence-electron chi connectivity index (χ0n) is 8.68. The van der Waals surface area contributed by atoms with Crippen LogP contribution in [0.4, 0.5) is 0 Å². The molecule has 3 aliphatic carbocycles. The van der Waals surface area contributed by atoms with Crippen molar-refractivity contribution in [3.05, 3.63) is 0 Å². The van der Waals surface area contributed by atoms with Gasteiger partial charge in [-0.05, 0) is 61.8 Å². The molecule has 0 aromatic carbocycles. The fourth-order valence-electron chi connectivity index (χ4n) is 3.63. The molecular formula is C12H21N. The molecule has 3 fully saturated rings. The Balaban J connectivity index is 1.66. The average molecular weight is 179 g/mol. The van der Waals surface area contributed by atoms with E-state index >= 15 is 0 Å². The van der Waals surface area contributed by atoms with E-state index in [0.29, 0.717) is 0 Å². The van der Waals surface area contributed by atoms with Gasteiger partial charge in [-0.15, -0.1) is 0 Å². The van der Waals surface area contributed by atoms with Crippen molar-refractivity contribution in [2.75, 3.05) is 13.1 Å². The summed E-state index contributed by atoms with van der Waals surface area (Å²) in [6, 6.07) is 0. The van der Waals surface area contributed by atoms with Gasteiger partial charge in [0.2, 0.25) is 0 Å². The van der Waals surface area contributed by atoms with Crippen LogP contribution in [0.15, 0.2) is 0 Å². The van der Waals surface area contributed by atoms with Gasteiger partial charge in [0, 0.05) is 6.54 Å². The lowest BCUT2D eigenvalue weighted by Crippen LogP contribution is -2.35. The summed E-state index contributed by atoms with van der Waals surface area (Å²) in [5.41, 5.74) is 0.767. The molecule has 0 heterocycles. The Kier molecular flexibility index (Phi) is 1.74. The first-order valence-electron chi connectivity index (χ1n) is 6.05. The quantitative estimate of drug-likeness (QED) is 0.699. The Hall–Kier alpha value is -0.0400. The van der Waals surface area contributed by atoms with Gasteiger partial charge in [-0.2, -0.15) is 0 Å². The molecule has 1 nitrogen and oxygen atoms in total. The summed E-state index contributed by atoms with van der Waals surface area (Å²) in [6.07, 6.45) is 7.76. The predicted octanol–water partition coefficient (Wildman–Crippen LogP) is 2.42. The van der Waals surface area contributed by atoms with Crippen LogP contribution in [-0.4, -0.2) is 13.1 Å². The normalized spacial score (nSPS) is 47.8. The van der Waals surface area contributed by atoms with Gasteiger partial charge in [-0.25, -0.2) is 0 Å². The smallest absolute Gasteiger partial charge is 0.00106 e. The summed E-state index contributed by atoms with van der Waals surface area (Å²) in [5.74, 6) is 3.41. The average Bonchev–Trinajstić information content (AvgIpc) is 3.02. The van der Waals surface area contributed by atoms with Crippen LogP contribution in [0, 0.1) is 23.2 Å². The number of hydrogen-bond donors (Lipinski definition) is 1. The molecule has 2 unspecified atom stereocenters. The van der Waals surface area contributed by atoms with Crippen LogP contribution in [0.25, 0.3) is 0 Å². The molecule has 0 saturated heterocycles. The third-order valence-electron chi connectivity index (χ3n) is 4.58. The molecule has 1 N–H and O–H groups in total. The van der Waals surface area contributed by atoms with E-state index in [0.717, 1.165) is 29.7 Å². The molecule has 0 amide bonds. The van der Waals surface area contributed by atoms with Gasteiger partial charge < -0.3 is 5.32 Å². The lowest BCUT2D eigenvalue weighted by atomic mass is 9.78. The second-order valence-electron chi connectivity index (χ2n) is 5.58. The molecule has 0 aliphatic heterocycles. The third-order valence-corrected chi connectivity index (χ3v) is 4.58. The SMILES string of the molecule is CCNCC1(C2CC2)CC2CC2C1. The lowest BCUT2D eigenvalue weighted by Gasteiger charge is -2.31. The fourth-order valence-corrected chi connectivity index (χ4v) is 3.63. The number of hydrogen-bond acceptors (Lipinski definition) is 1. The monoisotopic (exact) mass is 179 g/mol. The highest BCUT2D eigenvalue weighted by Crippen LogP contribution is 2.66. The van der Waals surface area contributed by atoms with Gasteiger partial charge in [0.05, 0.1) is 0 Å². The summed E-state index contributed by atoms with van der Waals surface area (Å²) in [7, 11) is 0. The first-order valence-corrected chi connectivity index (χ1v) is 6.05. The summed E-state index contributed by atoms with van der Waals surface area (Å²) < 4.78 is 0. The van der Waals surface area contributed by atoms with E-state index < -0.39 is 0 Å². The first kappa shape index (κ1) is 8.28. The van der Waals surface area contributed by atoms with Gasteiger partial charge >= 0.3 is 0 Å². The second kappa shape index (κ2) is 2.73. The standard InChI is InChI=1S/C12H21N/c1-2-13-8-12(11-3-4-11)6-9-5-10(9)7-12/h9-11,13H,2-8H2,1H3. The van der Waals surface area contributed by atoms with Crippen molar-refractivity contribution < 1.29 is 0 Å². The maximum Gasteiger partial charge on any atom is 0.00106 e. The van der Waals surface area contributed by atoms with Crippen LogP contribution in [0.5, 0.6) is 0 Å². The predicted molar refractivity (Wildman–Crippen MR) is 54.5 cm³/mol. The molecule has 0 aromatic heterocycles. The summed E-state index contributed by atoms with van der Waals surface area (Å²) in [6.45, 7) is 4.71. The lowest BCUT2D eigenvalue weighted by molar-refractivity contribution is 0.211. The van der Waals surface area contributed by atoms with Crippen molar-refractivity contribution >= 4 is 0 Å². The van der Waals surface area contributed by atoms with Gasteiger partial charge in [0.25, 0.3) is 0 Å². The highest BCUT2D eigenvalue weighted by atomic mass is 14.9. The zero-order chi connectivity index (χ0) is 8.89. The first-order chi connectivity index (χ1) is 6.34. The van der Waals surface area contributed by atoms with E-state index in [1.54, 1.807) is 19.3 Å². The molecular weight excluding hydrogens is 158 g/mol. The van der Waals surface area contributed by atoms with E-state index in [9.17, 15) is 0 Å². The maximum atomic E-state index is 3.59. The molecule has 0 radical (unpaired) electrons. The second-order valence-corrected chi connectivity index (χ2v) is 5.58. The van der Waals surface area contributed by atoms with Crippen molar-refractivity contribution in [1.82, 2.24) is 5.32 Å².